The van der Waals surface area contributed by atoms with Crippen molar-refractivity contribution in [3.63, 3.8) is 0 Å². The molecule has 6 heteroatoms. The minimum Gasteiger partial charge on any atom is -0.479 e. The Hall–Kier alpha value is -2.55. The van der Waals surface area contributed by atoms with Crippen molar-refractivity contribution in [2.24, 2.45) is 11.8 Å². The van der Waals surface area contributed by atoms with Crippen LogP contribution in [0.2, 0.25) is 0 Å². The maximum atomic E-state index is 13.5. The SMILES string of the molecule is C#CCOc1ccc(F)cc1NC(=O)[C@@H]1CCCN(C(=O)C2CC2)C1. The first-order chi connectivity index (χ1) is 12.1. The number of rotatable bonds is 5. The van der Waals surface area contributed by atoms with Crippen LogP contribution in [0.15, 0.2) is 18.2 Å². The molecule has 0 bridgehead atoms. The maximum Gasteiger partial charge on any atom is 0.229 e. The molecule has 0 radical (unpaired) electrons. The van der Waals surface area contributed by atoms with E-state index in [4.69, 9.17) is 11.2 Å². The van der Waals surface area contributed by atoms with E-state index in [0.717, 1.165) is 19.3 Å². The van der Waals surface area contributed by atoms with E-state index in [1.54, 1.807) is 4.90 Å². The van der Waals surface area contributed by atoms with Gasteiger partial charge in [0.2, 0.25) is 11.8 Å². The van der Waals surface area contributed by atoms with Gasteiger partial charge in [-0.25, -0.2) is 4.39 Å². The summed E-state index contributed by atoms with van der Waals surface area (Å²) < 4.78 is 18.9. The largest absolute Gasteiger partial charge is 0.479 e. The van der Waals surface area contributed by atoms with Gasteiger partial charge >= 0.3 is 0 Å². The molecule has 1 aliphatic carbocycles. The molecule has 2 aliphatic rings. The Morgan fingerprint density at radius 1 is 1.32 bits per heavy atom. The van der Waals surface area contributed by atoms with E-state index in [9.17, 15) is 14.0 Å². The van der Waals surface area contributed by atoms with E-state index in [2.05, 4.69) is 11.2 Å². The van der Waals surface area contributed by atoms with E-state index in [1.807, 2.05) is 0 Å². The summed E-state index contributed by atoms with van der Waals surface area (Å²) in [5.41, 5.74) is 0.255. The zero-order valence-electron chi connectivity index (χ0n) is 14.0. The van der Waals surface area contributed by atoms with Gasteiger partial charge in [-0.15, -0.1) is 6.42 Å². The molecule has 0 aromatic heterocycles. The van der Waals surface area contributed by atoms with Crippen LogP contribution in [-0.2, 0) is 9.59 Å². The highest BCUT2D eigenvalue weighted by molar-refractivity contribution is 5.94. The van der Waals surface area contributed by atoms with Crippen LogP contribution in [0.5, 0.6) is 5.75 Å². The highest BCUT2D eigenvalue weighted by atomic mass is 19.1. The van der Waals surface area contributed by atoms with Gasteiger partial charge in [0.25, 0.3) is 0 Å². The number of carbonyl (C=O) groups is 2. The topological polar surface area (TPSA) is 58.6 Å². The molecular weight excluding hydrogens is 323 g/mol. The molecule has 1 saturated heterocycles. The monoisotopic (exact) mass is 344 g/mol. The number of halogens is 1. The number of hydrogen-bond acceptors (Lipinski definition) is 3. The average molecular weight is 344 g/mol. The summed E-state index contributed by atoms with van der Waals surface area (Å²) in [4.78, 5) is 26.6. The molecule has 132 valence electrons. The zero-order chi connectivity index (χ0) is 17.8. The Bertz CT molecular complexity index is 709. The van der Waals surface area contributed by atoms with E-state index in [-0.39, 0.29) is 35.9 Å². The molecule has 1 aliphatic heterocycles. The second kappa shape index (κ2) is 7.56. The summed E-state index contributed by atoms with van der Waals surface area (Å²) in [5, 5.41) is 2.72. The van der Waals surface area contributed by atoms with Gasteiger partial charge in [-0.2, -0.15) is 0 Å². The second-order valence-corrected chi connectivity index (χ2v) is 6.52. The van der Waals surface area contributed by atoms with Crippen molar-refractivity contribution in [2.45, 2.75) is 25.7 Å². The van der Waals surface area contributed by atoms with E-state index in [0.29, 0.717) is 25.3 Å². The van der Waals surface area contributed by atoms with Gasteiger partial charge in [-0.3, -0.25) is 9.59 Å². The summed E-state index contributed by atoms with van der Waals surface area (Å²) in [5.74, 6) is 1.95. The lowest BCUT2D eigenvalue weighted by Gasteiger charge is -2.32. The fourth-order valence-corrected chi connectivity index (χ4v) is 3.06. The number of carbonyl (C=O) groups excluding carboxylic acids is 2. The highest BCUT2D eigenvalue weighted by Crippen LogP contribution is 2.33. The number of nitrogens with one attached hydrogen (secondary N) is 1. The molecule has 0 unspecified atom stereocenters. The van der Waals surface area contributed by atoms with Crippen molar-refractivity contribution in [2.75, 3.05) is 25.0 Å². The van der Waals surface area contributed by atoms with Crippen molar-refractivity contribution in [1.82, 2.24) is 4.90 Å². The second-order valence-electron chi connectivity index (χ2n) is 6.52. The Kier molecular flexibility index (Phi) is 5.22. The fraction of sp³-hybridized carbons (Fsp3) is 0.474. The van der Waals surface area contributed by atoms with Gasteiger partial charge < -0.3 is 15.0 Å². The molecule has 1 saturated carbocycles. The van der Waals surface area contributed by atoms with Crippen molar-refractivity contribution in [1.29, 1.82) is 0 Å². The first-order valence-electron chi connectivity index (χ1n) is 8.54. The summed E-state index contributed by atoms with van der Waals surface area (Å²) in [6.45, 7) is 1.15. The molecule has 2 amide bonds. The number of ether oxygens (including phenoxy) is 1. The van der Waals surface area contributed by atoms with E-state index >= 15 is 0 Å². The molecule has 1 aromatic carbocycles. The predicted octanol–water partition coefficient (Wildman–Crippen LogP) is 2.42. The third kappa shape index (κ3) is 4.30. The number of piperidine rings is 1. The van der Waals surface area contributed by atoms with Crippen LogP contribution in [0, 0.1) is 30.0 Å². The molecule has 1 atom stereocenters. The standard InChI is InChI=1S/C19H21FN2O3/c1-2-10-25-17-8-7-15(20)11-16(17)21-18(23)14-4-3-9-22(12-14)19(24)13-5-6-13/h1,7-8,11,13-14H,3-6,9-10,12H2,(H,21,23)/t14-/m1/s1. The van der Waals surface area contributed by atoms with Crippen molar-refractivity contribution in [3.05, 3.63) is 24.0 Å². The molecule has 1 aromatic rings. The molecule has 5 nitrogen and oxygen atoms in total. The number of anilines is 1. The lowest BCUT2D eigenvalue weighted by atomic mass is 9.96. The molecule has 1 N–H and O–H groups in total. The van der Waals surface area contributed by atoms with E-state index in [1.165, 1.54) is 18.2 Å². The first-order valence-corrected chi connectivity index (χ1v) is 8.54. The predicted molar refractivity (Wildman–Crippen MR) is 91.4 cm³/mol. The quantitative estimate of drug-likeness (QED) is 0.835. The summed E-state index contributed by atoms with van der Waals surface area (Å²) in [6, 6.07) is 3.89. The van der Waals surface area contributed by atoms with Crippen molar-refractivity contribution in [3.8, 4) is 18.1 Å². The molecule has 1 heterocycles. The Morgan fingerprint density at radius 2 is 2.12 bits per heavy atom. The molecular formula is C19H21FN2O3. The Labute approximate surface area is 146 Å². The van der Waals surface area contributed by atoms with Crippen molar-refractivity contribution >= 4 is 17.5 Å². The summed E-state index contributed by atoms with van der Waals surface area (Å²) in [6.07, 6.45) is 8.57. The molecule has 0 spiro atoms. The van der Waals surface area contributed by atoms with Gasteiger partial charge in [-0.1, -0.05) is 5.92 Å². The van der Waals surface area contributed by atoms with Crippen molar-refractivity contribution < 1.29 is 18.7 Å². The number of benzene rings is 1. The van der Waals surface area contributed by atoms with Crippen LogP contribution >= 0.6 is 0 Å². The van der Waals surface area contributed by atoms with E-state index < -0.39 is 5.82 Å². The van der Waals surface area contributed by atoms with Crippen LogP contribution in [0.1, 0.15) is 25.7 Å². The lowest BCUT2D eigenvalue weighted by molar-refractivity contribution is -0.135. The number of terminal acetylenes is 1. The number of amides is 2. The summed E-state index contributed by atoms with van der Waals surface area (Å²) in [7, 11) is 0. The van der Waals surface area contributed by atoms with Crippen LogP contribution in [0.3, 0.4) is 0 Å². The third-order valence-corrected chi connectivity index (χ3v) is 4.54. The Morgan fingerprint density at radius 3 is 2.84 bits per heavy atom. The number of hydrogen-bond donors (Lipinski definition) is 1. The fourth-order valence-electron chi connectivity index (χ4n) is 3.06. The minimum absolute atomic E-state index is 0.0294. The van der Waals surface area contributed by atoms with Crippen LogP contribution < -0.4 is 10.1 Å². The van der Waals surface area contributed by atoms with Gasteiger partial charge in [0, 0.05) is 25.1 Å². The maximum absolute atomic E-state index is 13.5. The van der Waals surface area contributed by atoms with Crippen LogP contribution in [0.25, 0.3) is 0 Å². The third-order valence-electron chi connectivity index (χ3n) is 4.54. The first kappa shape index (κ1) is 17.3. The van der Waals surface area contributed by atoms with Gasteiger partial charge in [0.05, 0.1) is 11.6 Å². The van der Waals surface area contributed by atoms with Crippen LogP contribution in [0.4, 0.5) is 10.1 Å². The smallest absolute Gasteiger partial charge is 0.229 e. The number of nitrogens with zero attached hydrogens (tertiary/aromatic N) is 1. The van der Waals surface area contributed by atoms with Gasteiger partial charge in [0.1, 0.15) is 18.2 Å². The highest BCUT2D eigenvalue weighted by Gasteiger charge is 2.36. The molecule has 3 rings (SSSR count). The summed E-state index contributed by atoms with van der Waals surface area (Å²) >= 11 is 0. The normalized spacial score (nSPS) is 19.8. The zero-order valence-corrected chi connectivity index (χ0v) is 14.0. The van der Waals surface area contributed by atoms with Crippen LogP contribution in [-0.4, -0.2) is 36.4 Å². The lowest BCUT2D eigenvalue weighted by Crippen LogP contribution is -2.44. The molecule has 25 heavy (non-hydrogen) atoms. The molecule has 2 fully saturated rings. The Balaban J connectivity index is 1.66. The average Bonchev–Trinajstić information content (AvgIpc) is 3.45. The minimum atomic E-state index is -0.475. The number of likely N-dealkylation sites (tertiary alicyclic amines) is 1. The van der Waals surface area contributed by atoms with Gasteiger partial charge in [0.15, 0.2) is 0 Å². The van der Waals surface area contributed by atoms with Gasteiger partial charge in [-0.05, 0) is 37.8 Å².